The summed E-state index contributed by atoms with van der Waals surface area (Å²) in [6.45, 7) is 0.389. The van der Waals surface area contributed by atoms with Crippen LogP contribution in [0.15, 0.2) is 78.0 Å². The second-order valence-corrected chi connectivity index (χ2v) is 8.90. The van der Waals surface area contributed by atoms with Crippen molar-refractivity contribution in [2.45, 2.75) is 11.7 Å². The van der Waals surface area contributed by atoms with E-state index >= 15 is 0 Å². The smallest absolute Gasteiger partial charge is 0.234 e. The molecule has 2 N–H and O–H groups in total. The Morgan fingerprint density at radius 3 is 2.44 bits per heavy atom. The number of ether oxygens (including phenoxy) is 1. The van der Waals surface area contributed by atoms with E-state index in [4.69, 9.17) is 27.9 Å². The standard InChI is InChI=1S/C24H21Cl2N5O2S/c1-33-19-12-10-18(11-13-19)31-22(14-27-21-5-3-2-4-20(21)26)29-30-24(31)34-15-23(32)28-17-8-6-16(25)7-9-17/h2-13,27H,14-15H2,1H3,(H,28,32). The number of hydrogen-bond acceptors (Lipinski definition) is 6. The molecule has 0 spiro atoms. The first-order valence-corrected chi connectivity index (χ1v) is 12.0. The second-order valence-electron chi connectivity index (χ2n) is 7.11. The first-order valence-electron chi connectivity index (χ1n) is 10.3. The lowest BCUT2D eigenvalue weighted by Gasteiger charge is -2.12. The number of rotatable bonds is 9. The van der Waals surface area contributed by atoms with Gasteiger partial charge in [0.15, 0.2) is 11.0 Å². The van der Waals surface area contributed by atoms with Gasteiger partial charge in [0.25, 0.3) is 0 Å². The molecule has 1 amide bonds. The van der Waals surface area contributed by atoms with Crippen LogP contribution in [0.3, 0.4) is 0 Å². The molecule has 0 aliphatic heterocycles. The molecule has 0 aliphatic rings. The second kappa shape index (κ2) is 11.3. The van der Waals surface area contributed by atoms with Crippen molar-refractivity contribution in [3.8, 4) is 11.4 Å². The van der Waals surface area contributed by atoms with Gasteiger partial charge in [-0.3, -0.25) is 9.36 Å². The van der Waals surface area contributed by atoms with Crippen molar-refractivity contribution < 1.29 is 9.53 Å². The largest absolute Gasteiger partial charge is 0.497 e. The van der Waals surface area contributed by atoms with Crippen molar-refractivity contribution in [3.63, 3.8) is 0 Å². The molecule has 0 radical (unpaired) electrons. The molecule has 1 heterocycles. The van der Waals surface area contributed by atoms with Gasteiger partial charge in [-0.2, -0.15) is 0 Å². The lowest BCUT2D eigenvalue weighted by atomic mass is 10.3. The van der Waals surface area contributed by atoms with Crippen LogP contribution in [-0.4, -0.2) is 33.5 Å². The molecular formula is C24H21Cl2N5O2S. The summed E-state index contributed by atoms with van der Waals surface area (Å²) in [5.74, 6) is 1.41. The van der Waals surface area contributed by atoms with Gasteiger partial charge in [0, 0.05) is 16.4 Å². The Morgan fingerprint density at radius 2 is 1.74 bits per heavy atom. The van der Waals surface area contributed by atoms with E-state index < -0.39 is 0 Å². The van der Waals surface area contributed by atoms with Crippen LogP contribution in [0.4, 0.5) is 11.4 Å². The third-order valence-electron chi connectivity index (χ3n) is 4.80. The van der Waals surface area contributed by atoms with Gasteiger partial charge in [0.05, 0.1) is 30.1 Å². The van der Waals surface area contributed by atoms with E-state index in [2.05, 4.69) is 20.8 Å². The highest BCUT2D eigenvalue weighted by Crippen LogP contribution is 2.26. The Labute approximate surface area is 211 Å². The number of carbonyl (C=O) groups excluding carboxylic acids is 1. The van der Waals surface area contributed by atoms with E-state index in [1.165, 1.54) is 11.8 Å². The number of hydrogen-bond donors (Lipinski definition) is 2. The molecule has 1 aromatic heterocycles. The highest BCUT2D eigenvalue weighted by molar-refractivity contribution is 7.99. The van der Waals surface area contributed by atoms with Crippen LogP contribution in [0, 0.1) is 0 Å². The number of methoxy groups -OCH3 is 1. The number of para-hydroxylation sites is 1. The highest BCUT2D eigenvalue weighted by Gasteiger charge is 2.16. The summed E-state index contributed by atoms with van der Waals surface area (Å²) >= 11 is 13.5. The van der Waals surface area contributed by atoms with E-state index in [0.717, 1.165) is 17.1 Å². The maximum atomic E-state index is 12.5. The van der Waals surface area contributed by atoms with Crippen molar-refractivity contribution in [1.82, 2.24) is 14.8 Å². The summed E-state index contributed by atoms with van der Waals surface area (Å²) in [5.41, 5.74) is 2.32. The Morgan fingerprint density at radius 1 is 1.00 bits per heavy atom. The van der Waals surface area contributed by atoms with Crippen LogP contribution >= 0.6 is 35.0 Å². The predicted molar refractivity (Wildman–Crippen MR) is 137 cm³/mol. The molecule has 0 saturated heterocycles. The number of amides is 1. The number of anilines is 2. The number of aromatic nitrogens is 3. The maximum Gasteiger partial charge on any atom is 0.234 e. The van der Waals surface area contributed by atoms with Crippen LogP contribution < -0.4 is 15.4 Å². The topological polar surface area (TPSA) is 81.1 Å². The van der Waals surface area contributed by atoms with Crippen LogP contribution in [0.2, 0.25) is 10.0 Å². The van der Waals surface area contributed by atoms with Gasteiger partial charge in [-0.15, -0.1) is 10.2 Å². The number of nitrogens with zero attached hydrogens (tertiary/aromatic N) is 3. The van der Waals surface area contributed by atoms with Crippen molar-refractivity contribution in [1.29, 1.82) is 0 Å². The molecule has 0 bridgehead atoms. The van der Waals surface area contributed by atoms with Crippen molar-refractivity contribution in [2.75, 3.05) is 23.5 Å². The van der Waals surface area contributed by atoms with E-state index in [0.29, 0.717) is 33.3 Å². The van der Waals surface area contributed by atoms with Crippen molar-refractivity contribution >= 4 is 52.2 Å². The zero-order valence-electron chi connectivity index (χ0n) is 18.2. The minimum Gasteiger partial charge on any atom is -0.497 e. The molecule has 0 atom stereocenters. The summed E-state index contributed by atoms with van der Waals surface area (Å²) in [7, 11) is 1.62. The van der Waals surface area contributed by atoms with Gasteiger partial charge in [0.1, 0.15) is 5.75 Å². The monoisotopic (exact) mass is 513 g/mol. The fourth-order valence-electron chi connectivity index (χ4n) is 3.14. The third-order valence-corrected chi connectivity index (χ3v) is 6.31. The Bertz CT molecular complexity index is 1260. The molecule has 4 rings (SSSR count). The Hall–Kier alpha value is -3.20. The quantitative estimate of drug-likeness (QED) is 0.270. The van der Waals surface area contributed by atoms with Crippen molar-refractivity contribution in [2.24, 2.45) is 0 Å². The molecule has 7 nitrogen and oxygen atoms in total. The number of carbonyl (C=O) groups is 1. The summed E-state index contributed by atoms with van der Waals surface area (Å²) < 4.78 is 7.18. The molecule has 3 aromatic carbocycles. The number of nitrogens with one attached hydrogen (secondary N) is 2. The number of thioether (sulfide) groups is 1. The minimum absolute atomic E-state index is 0.160. The first-order chi connectivity index (χ1) is 16.5. The molecule has 0 fully saturated rings. The summed E-state index contributed by atoms with van der Waals surface area (Å²) in [4.78, 5) is 12.5. The van der Waals surface area contributed by atoms with Gasteiger partial charge < -0.3 is 15.4 Å². The highest BCUT2D eigenvalue weighted by atomic mass is 35.5. The van der Waals surface area contributed by atoms with Gasteiger partial charge in [-0.25, -0.2) is 0 Å². The van der Waals surface area contributed by atoms with Gasteiger partial charge >= 0.3 is 0 Å². The summed E-state index contributed by atoms with van der Waals surface area (Å²) in [6.07, 6.45) is 0. The van der Waals surface area contributed by atoms with Crippen LogP contribution in [-0.2, 0) is 11.3 Å². The third kappa shape index (κ3) is 6.02. The first kappa shape index (κ1) is 23.9. The molecule has 0 saturated carbocycles. The number of halogens is 2. The van der Waals surface area contributed by atoms with Crippen LogP contribution in [0.5, 0.6) is 5.75 Å². The summed E-state index contributed by atoms with van der Waals surface area (Å²) in [5, 5.41) is 16.7. The Kier molecular flexibility index (Phi) is 7.95. The molecular weight excluding hydrogens is 493 g/mol. The zero-order chi connectivity index (χ0) is 23.9. The zero-order valence-corrected chi connectivity index (χ0v) is 20.5. The molecule has 0 unspecified atom stereocenters. The predicted octanol–water partition coefficient (Wildman–Crippen LogP) is 5.93. The molecule has 34 heavy (non-hydrogen) atoms. The van der Waals surface area contributed by atoms with Gasteiger partial charge in [-0.05, 0) is 60.7 Å². The number of benzene rings is 3. The fourth-order valence-corrected chi connectivity index (χ4v) is 4.24. The lowest BCUT2D eigenvalue weighted by molar-refractivity contribution is -0.113. The Balaban J connectivity index is 1.52. The van der Waals surface area contributed by atoms with E-state index in [1.54, 1.807) is 31.4 Å². The minimum atomic E-state index is -0.160. The van der Waals surface area contributed by atoms with Crippen LogP contribution in [0.1, 0.15) is 5.82 Å². The lowest BCUT2D eigenvalue weighted by Crippen LogP contribution is -2.14. The van der Waals surface area contributed by atoms with Crippen LogP contribution in [0.25, 0.3) is 5.69 Å². The molecule has 0 aliphatic carbocycles. The van der Waals surface area contributed by atoms with Gasteiger partial charge in [-0.1, -0.05) is 47.1 Å². The van der Waals surface area contributed by atoms with E-state index in [9.17, 15) is 4.79 Å². The maximum absolute atomic E-state index is 12.5. The average molecular weight is 514 g/mol. The van der Waals surface area contributed by atoms with E-state index in [1.807, 2.05) is 53.1 Å². The average Bonchev–Trinajstić information content (AvgIpc) is 3.26. The molecule has 174 valence electrons. The normalized spacial score (nSPS) is 10.7. The fraction of sp³-hybridized carbons (Fsp3) is 0.125. The van der Waals surface area contributed by atoms with Gasteiger partial charge in [0.2, 0.25) is 5.91 Å². The molecule has 4 aromatic rings. The van der Waals surface area contributed by atoms with E-state index in [-0.39, 0.29) is 11.7 Å². The molecule has 10 heteroatoms. The summed E-state index contributed by atoms with van der Waals surface area (Å²) in [6, 6.07) is 22.0. The van der Waals surface area contributed by atoms with Crippen molar-refractivity contribution in [3.05, 3.63) is 88.7 Å². The SMILES string of the molecule is COc1ccc(-n2c(CNc3ccccc3Cl)nnc2SCC(=O)Nc2ccc(Cl)cc2)cc1.